The number of carbonyl (C=O) groups is 1. The molecule has 0 spiro atoms. The van der Waals surface area contributed by atoms with Crippen molar-refractivity contribution in [2.45, 2.75) is 20.0 Å². The van der Waals surface area contributed by atoms with Crippen LogP contribution in [0.25, 0.3) is 16.4 Å². The zero-order chi connectivity index (χ0) is 22.8. The Balaban J connectivity index is 1.61. The van der Waals surface area contributed by atoms with Crippen LogP contribution in [0.5, 0.6) is 17.2 Å². The fraction of sp³-hybridized carbons (Fsp3) is 0.261. The minimum Gasteiger partial charge on any atom is -0.496 e. The van der Waals surface area contributed by atoms with E-state index in [1.807, 2.05) is 30.3 Å². The van der Waals surface area contributed by atoms with Crippen LogP contribution in [0.15, 0.2) is 47.3 Å². The first-order chi connectivity index (χ1) is 15.5. The number of methoxy groups -OCH3 is 3. The van der Waals surface area contributed by atoms with Crippen LogP contribution in [0.3, 0.4) is 0 Å². The summed E-state index contributed by atoms with van der Waals surface area (Å²) in [5, 5.41) is 7.98. The Morgan fingerprint density at radius 2 is 1.72 bits per heavy atom. The first-order valence-corrected chi connectivity index (χ1v) is 10.0. The van der Waals surface area contributed by atoms with E-state index in [2.05, 4.69) is 10.4 Å². The van der Waals surface area contributed by atoms with Crippen LogP contribution in [0, 0.1) is 6.92 Å². The SMILES string of the molecule is COc1cccc(CNC(=O)Cn2nc(C)n3c(cc4c(OC)cccc43)c2=O)c1OC. The monoisotopic (exact) mass is 436 g/mol. The molecule has 166 valence electrons. The van der Waals surface area contributed by atoms with Gasteiger partial charge in [-0.1, -0.05) is 18.2 Å². The lowest BCUT2D eigenvalue weighted by molar-refractivity contribution is -0.122. The third kappa shape index (κ3) is 3.62. The van der Waals surface area contributed by atoms with Crippen LogP contribution >= 0.6 is 0 Å². The smallest absolute Gasteiger partial charge is 0.291 e. The third-order valence-corrected chi connectivity index (χ3v) is 5.32. The number of aromatic nitrogens is 3. The van der Waals surface area contributed by atoms with E-state index in [0.717, 1.165) is 16.5 Å². The Kier molecular flexibility index (Phi) is 5.72. The summed E-state index contributed by atoms with van der Waals surface area (Å²) >= 11 is 0. The molecule has 0 unspecified atom stereocenters. The highest BCUT2D eigenvalue weighted by Crippen LogP contribution is 2.30. The largest absolute Gasteiger partial charge is 0.496 e. The predicted molar refractivity (Wildman–Crippen MR) is 120 cm³/mol. The maximum Gasteiger partial charge on any atom is 0.291 e. The summed E-state index contributed by atoms with van der Waals surface area (Å²) in [6.45, 7) is 1.81. The van der Waals surface area contributed by atoms with Gasteiger partial charge in [-0.15, -0.1) is 0 Å². The Hall–Kier alpha value is -4.01. The van der Waals surface area contributed by atoms with Crippen molar-refractivity contribution in [3.8, 4) is 17.2 Å². The molecule has 0 bridgehead atoms. The molecule has 0 radical (unpaired) electrons. The van der Waals surface area contributed by atoms with Gasteiger partial charge in [-0.2, -0.15) is 5.10 Å². The molecule has 2 aromatic heterocycles. The van der Waals surface area contributed by atoms with Gasteiger partial charge in [0.1, 0.15) is 23.6 Å². The summed E-state index contributed by atoms with van der Waals surface area (Å²) in [6, 6.07) is 12.8. The van der Waals surface area contributed by atoms with E-state index < -0.39 is 0 Å². The van der Waals surface area contributed by atoms with Crippen molar-refractivity contribution in [1.82, 2.24) is 19.5 Å². The van der Waals surface area contributed by atoms with Gasteiger partial charge in [0, 0.05) is 17.5 Å². The molecule has 0 fully saturated rings. The average Bonchev–Trinajstić information content (AvgIpc) is 3.21. The van der Waals surface area contributed by atoms with Crippen molar-refractivity contribution in [3.05, 3.63) is 64.2 Å². The van der Waals surface area contributed by atoms with Crippen LogP contribution in [0.1, 0.15) is 11.4 Å². The van der Waals surface area contributed by atoms with Crippen molar-refractivity contribution >= 4 is 22.3 Å². The highest BCUT2D eigenvalue weighted by molar-refractivity contribution is 5.92. The Morgan fingerprint density at radius 1 is 1.00 bits per heavy atom. The van der Waals surface area contributed by atoms with Crippen molar-refractivity contribution < 1.29 is 19.0 Å². The highest BCUT2D eigenvalue weighted by atomic mass is 16.5. The van der Waals surface area contributed by atoms with Gasteiger partial charge in [-0.3, -0.25) is 14.0 Å². The first-order valence-electron chi connectivity index (χ1n) is 10.0. The standard InChI is InChI=1S/C23H24N4O5/c1-14-25-26(13-21(28)24-12-15-7-5-10-20(31-3)22(15)32-4)23(29)18-11-16-17(27(14)18)8-6-9-19(16)30-2/h5-11H,12-13H2,1-4H3,(H,24,28). The Labute approximate surface area is 184 Å². The third-order valence-electron chi connectivity index (χ3n) is 5.32. The van der Waals surface area contributed by atoms with E-state index in [-0.39, 0.29) is 24.6 Å². The Bertz CT molecular complexity index is 1370. The van der Waals surface area contributed by atoms with E-state index in [1.54, 1.807) is 44.8 Å². The van der Waals surface area contributed by atoms with Crippen LogP contribution in [-0.2, 0) is 17.9 Å². The molecule has 9 nitrogen and oxygen atoms in total. The van der Waals surface area contributed by atoms with Crippen molar-refractivity contribution in [2.24, 2.45) is 0 Å². The number of hydrogen-bond acceptors (Lipinski definition) is 6. The van der Waals surface area contributed by atoms with Crippen LogP contribution < -0.4 is 25.1 Å². The molecule has 0 aliphatic carbocycles. The predicted octanol–water partition coefficient (Wildman–Crippen LogP) is 2.30. The molecular formula is C23H24N4O5. The summed E-state index contributed by atoms with van der Waals surface area (Å²) in [6.07, 6.45) is 0. The molecule has 0 aliphatic heterocycles. The zero-order valence-corrected chi connectivity index (χ0v) is 18.3. The summed E-state index contributed by atoms with van der Waals surface area (Å²) in [4.78, 5) is 25.7. The molecule has 0 atom stereocenters. The number of rotatable bonds is 7. The molecule has 1 amide bonds. The average molecular weight is 436 g/mol. The van der Waals surface area contributed by atoms with Gasteiger partial charge in [0.2, 0.25) is 5.91 Å². The molecule has 4 rings (SSSR count). The minimum atomic E-state index is -0.358. The van der Waals surface area contributed by atoms with Gasteiger partial charge in [0.25, 0.3) is 5.56 Å². The Morgan fingerprint density at radius 3 is 2.44 bits per heavy atom. The van der Waals surface area contributed by atoms with E-state index >= 15 is 0 Å². The topological polar surface area (TPSA) is 96.1 Å². The molecular weight excluding hydrogens is 412 g/mol. The minimum absolute atomic E-state index is 0.207. The number of ether oxygens (including phenoxy) is 3. The number of nitrogens with one attached hydrogen (secondary N) is 1. The normalized spacial score (nSPS) is 11.0. The van der Waals surface area contributed by atoms with Crippen LogP contribution in [0.2, 0.25) is 0 Å². The van der Waals surface area contributed by atoms with E-state index in [0.29, 0.717) is 28.6 Å². The molecule has 0 saturated heterocycles. The lowest BCUT2D eigenvalue weighted by Gasteiger charge is -2.13. The molecule has 4 aromatic rings. The van der Waals surface area contributed by atoms with Crippen molar-refractivity contribution in [1.29, 1.82) is 0 Å². The maximum atomic E-state index is 13.1. The fourth-order valence-electron chi connectivity index (χ4n) is 3.87. The quantitative estimate of drug-likeness (QED) is 0.478. The zero-order valence-electron chi connectivity index (χ0n) is 18.3. The molecule has 32 heavy (non-hydrogen) atoms. The second-order valence-corrected chi connectivity index (χ2v) is 7.20. The fourth-order valence-corrected chi connectivity index (χ4v) is 3.87. The summed E-state index contributed by atoms with van der Waals surface area (Å²) < 4.78 is 19.0. The summed E-state index contributed by atoms with van der Waals surface area (Å²) in [5.74, 6) is 2.04. The van der Waals surface area contributed by atoms with Gasteiger partial charge in [-0.25, -0.2) is 4.68 Å². The number of aryl methyl sites for hydroxylation is 1. The van der Waals surface area contributed by atoms with Crippen LogP contribution in [0.4, 0.5) is 0 Å². The number of fused-ring (bicyclic) bond motifs is 3. The second-order valence-electron chi connectivity index (χ2n) is 7.20. The number of benzene rings is 2. The first kappa shape index (κ1) is 21.2. The van der Waals surface area contributed by atoms with Gasteiger partial charge in [0.05, 0.1) is 26.8 Å². The molecule has 2 aromatic carbocycles. The number of carbonyl (C=O) groups excluding carboxylic acids is 1. The molecule has 0 aliphatic rings. The van der Waals surface area contributed by atoms with E-state index in [1.165, 1.54) is 4.68 Å². The van der Waals surface area contributed by atoms with E-state index in [9.17, 15) is 9.59 Å². The van der Waals surface area contributed by atoms with Gasteiger partial charge < -0.3 is 19.5 Å². The second kappa shape index (κ2) is 8.62. The van der Waals surface area contributed by atoms with Gasteiger partial charge in [-0.05, 0) is 31.2 Å². The number of nitrogens with zero attached hydrogens (tertiary/aromatic N) is 3. The van der Waals surface area contributed by atoms with Crippen molar-refractivity contribution in [2.75, 3.05) is 21.3 Å². The van der Waals surface area contributed by atoms with Crippen LogP contribution in [-0.4, -0.2) is 41.4 Å². The number of para-hydroxylation sites is 1. The molecule has 1 N–H and O–H groups in total. The lowest BCUT2D eigenvalue weighted by Crippen LogP contribution is -2.34. The molecule has 2 heterocycles. The molecule has 9 heteroatoms. The van der Waals surface area contributed by atoms with E-state index in [4.69, 9.17) is 14.2 Å². The van der Waals surface area contributed by atoms with Crippen molar-refractivity contribution in [3.63, 3.8) is 0 Å². The van der Waals surface area contributed by atoms with Gasteiger partial charge in [0.15, 0.2) is 11.5 Å². The maximum absolute atomic E-state index is 13.1. The summed E-state index contributed by atoms with van der Waals surface area (Å²) in [5.41, 5.74) is 1.66. The lowest BCUT2D eigenvalue weighted by atomic mass is 10.2. The number of hydrogen-bond donors (Lipinski definition) is 1. The number of amides is 1. The molecule has 0 saturated carbocycles. The summed E-state index contributed by atoms with van der Waals surface area (Å²) in [7, 11) is 4.68. The van der Waals surface area contributed by atoms with Gasteiger partial charge >= 0.3 is 0 Å². The highest BCUT2D eigenvalue weighted by Gasteiger charge is 2.16.